The zero-order valence-electron chi connectivity index (χ0n) is 14.7. The Kier molecular flexibility index (Phi) is 7.25. The second-order valence-electron chi connectivity index (χ2n) is 7.69. The van der Waals surface area contributed by atoms with Crippen LogP contribution in [0.3, 0.4) is 0 Å². The largest absolute Gasteiger partial charge is 0.412 e. The van der Waals surface area contributed by atoms with Crippen LogP contribution in [0.4, 0.5) is 0 Å². The molecule has 6 nitrogen and oxygen atoms in total. The molecule has 0 aromatic heterocycles. The molecule has 0 aliphatic carbocycles. The lowest BCUT2D eigenvalue weighted by atomic mass is 10.3. The van der Waals surface area contributed by atoms with Crippen LogP contribution in [0, 0.1) is 0 Å². The molecular formula is C13H31NO5SSi2. The van der Waals surface area contributed by atoms with E-state index in [1.807, 2.05) is 19.6 Å². The van der Waals surface area contributed by atoms with Crippen molar-refractivity contribution in [1.29, 1.82) is 0 Å². The lowest BCUT2D eigenvalue weighted by Gasteiger charge is -2.33. The smallest absolute Gasteiger partial charge is 0.260 e. The second kappa shape index (κ2) is 7.86. The van der Waals surface area contributed by atoms with Crippen LogP contribution >= 0.6 is 0 Å². The fraction of sp³-hybridized carbons (Fsp3) is 1.00. The molecule has 1 aliphatic rings. The van der Waals surface area contributed by atoms with Gasteiger partial charge in [0, 0.05) is 19.6 Å². The second-order valence-corrected chi connectivity index (χ2v) is 18.5. The van der Waals surface area contributed by atoms with E-state index in [0.717, 1.165) is 13.1 Å². The van der Waals surface area contributed by atoms with E-state index in [2.05, 4.69) is 24.5 Å². The summed E-state index contributed by atoms with van der Waals surface area (Å²) in [4.78, 5) is 2.21. The highest BCUT2D eigenvalue weighted by molar-refractivity contribution is 7.87. The summed E-state index contributed by atoms with van der Waals surface area (Å²) in [6, 6.07) is 0. The normalized spacial score (nSPS) is 20.1. The number of hydrogen-bond donors (Lipinski definition) is 0. The van der Waals surface area contributed by atoms with Gasteiger partial charge in [0.1, 0.15) is 5.75 Å². The molecule has 9 heteroatoms. The fourth-order valence-corrected chi connectivity index (χ4v) is 7.57. The highest BCUT2D eigenvalue weighted by Gasteiger charge is 2.31. The van der Waals surface area contributed by atoms with Crippen LogP contribution in [0.1, 0.15) is 0 Å². The molecule has 0 amide bonds. The highest BCUT2D eigenvalue weighted by Crippen LogP contribution is 2.15. The Hall–Kier alpha value is 0.224. The van der Waals surface area contributed by atoms with E-state index in [9.17, 15) is 8.42 Å². The van der Waals surface area contributed by atoms with Gasteiger partial charge in [-0.25, -0.2) is 8.42 Å². The van der Waals surface area contributed by atoms with Crippen molar-refractivity contribution in [1.82, 2.24) is 4.90 Å². The minimum absolute atomic E-state index is 0.0705. The third-order valence-corrected chi connectivity index (χ3v) is 7.69. The van der Waals surface area contributed by atoms with E-state index in [-0.39, 0.29) is 11.9 Å². The van der Waals surface area contributed by atoms with Gasteiger partial charge in [0.2, 0.25) is 8.32 Å². The summed E-state index contributed by atoms with van der Waals surface area (Å²) in [5.41, 5.74) is 0. The average Bonchev–Trinajstić information content (AvgIpc) is 2.23. The van der Waals surface area contributed by atoms with Gasteiger partial charge in [-0.1, -0.05) is 0 Å². The number of morpholine rings is 1. The number of hydrogen-bond acceptors (Lipinski definition) is 6. The molecule has 0 radical (unpaired) electrons. The highest BCUT2D eigenvalue weighted by atomic mass is 32.2. The van der Waals surface area contributed by atoms with Crippen LogP contribution in [0.2, 0.25) is 39.3 Å². The molecule has 0 N–H and O–H groups in total. The standard InChI is InChI=1S/C13H31NO5SSi2/c1-21(2,3)18-13(11-14-7-9-17-10-8-14)12-20(15,16)19-22(4,5)6/h13H,7-12H2,1-6H3. The van der Waals surface area contributed by atoms with E-state index in [1.165, 1.54) is 0 Å². The Balaban J connectivity index is 2.72. The number of rotatable bonds is 8. The molecule has 1 aliphatic heterocycles. The first-order chi connectivity index (χ1) is 9.86. The quantitative estimate of drug-likeness (QED) is 0.607. The molecule has 0 bridgehead atoms. The lowest BCUT2D eigenvalue weighted by molar-refractivity contribution is 0.0211. The van der Waals surface area contributed by atoms with Gasteiger partial charge in [0.25, 0.3) is 10.1 Å². The zero-order valence-corrected chi connectivity index (χ0v) is 17.5. The van der Waals surface area contributed by atoms with Crippen LogP contribution in [0.15, 0.2) is 0 Å². The summed E-state index contributed by atoms with van der Waals surface area (Å²) in [5, 5.41) is 0. The van der Waals surface area contributed by atoms with Crippen molar-refractivity contribution < 1.29 is 21.5 Å². The van der Waals surface area contributed by atoms with Crippen molar-refractivity contribution in [3.63, 3.8) is 0 Å². The SMILES string of the molecule is C[Si](C)(C)OC(CN1CCOCC1)CS(=O)(=O)O[Si](C)(C)C. The van der Waals surface area contributed by atoms with Gasteiger partial charge in [-0.15, -0.1) is 0 Å². The van der Waals surface area contributed by atoms with Crippen molar-refractivity contribution in [2.24, 2.45) is 0 Å². The summed E-state index contributed by atoms with van der Waals surface area (Å²) in [6.45, 7) is 15.5. The van der Waals surface area contributed by atoms with E-state index in [4.69, 9.17) is 13.0 Å². The van der Waals surface area contributed by atoms with Gasteiger partial charge in [0.05, 0.1) is 19.3 Å². The number of ether oxygens (including phenoxy) is 1. The van der Waals surface area contributed by atoms with Crippen LogP contribution in [-0.4, -0.2) is 74.7 Å². The third-order valence-electron chi connectivity index (χ3n) is 2.85. The molecule has 0 saturated carbocycles. The van der Waals surface area contributed by atoms with E-state index in [1.54, 1.807) is 0 Å². The molecule has 0 spiro atoms. The molecule has 1 atom stereocenters. The molecule has 22 heavy (non-hydrogen) atoms. The maximum absolute atomic E-state index is 12.3. The Morgan fingerprint density at radius 1 is 1.05 bits per heavy atom. The van der Waals surface area contributed by atoms with Crippen LogP contribution in [-0.2, 0) is 23.2 Å². The predicted molar refractivity (Wildman–Crippen MR) is 93.7 cm³/mol. The average molecular weight is 370 g/mol. The first-order valence-electron chi connectivity index (χ1n) is 7.78. The summed E-state index contributed by atoms with van der Waals surface area (Å²) in [6.07, 6.45) is -0.342. The van der Waals surface area contributed by atoms with Crippen molar-refractivity contribution in [2.75, 3.05) is 38.6 Å². The summed E-state index contributed by atoms with van der Waals surface area (Å²) >= 11 is 0. The fourth-order valence-electron chi connectivity index (χ4n) is 2.34. The Morgan fingerprint density at radius 2 is 1.59 bits per heavy atom. The third kappa shape index (κ3) is 9.38. The van der Waals surface area contributed by atoms with E-state index < -0.39 is 26.8 Å². The zero-order chi connectivity index (χ0) is 17.0. The van der Waals surface area contributed by atoms with Gasteiger partial charge in [0.15, 0.2) is 8.32 Å². The molecule has 1 saturated heterocycles. The number of nitrogens with zero attached hydrogens (tertiary/aromatic N) is 1. The maximum Gasteiger partial charge on any atom is 0.260 e. The summed E-state index contributed by atoms with van der Waals surface area (Å²) < 4.78 is 41.4. The van der Waals surface area contributed by atoms with Crippen molar-refractivity contribution in [3.05, 3.63) is 0 Å². The molecule has 1 rings (SSSR count). The molecule has 0 aromatic carbocycles. The molecular weight excluding hydrogens is 338 g/mol. The van der Waals surface area contributed by atoms with Crippen molar-refractivity contribution in [3.8, 4) is 0 Å². The van der Waals surface area contributed by atoms with Crippen LogP contribution < -0.4 is 0 Å². The van der Waals surface area contributed by atoms with E-state index in [0.29, 0.717) is 19.8 Å². The molecule has 1 unspecified atom stereocenters. The van der Waals surface area contributed by atoms with Gasteiger partial charge in [-0.2, -0.15) is 0 Å². The first-order valence-corrected chi connectivity index (χ1v) is 16.2. The van der Waals surface area contributed by atoms with Crippen molar-refractivity contribution in [2.45, 2.75) is 45.4 Å². The minimum Gasteiger partial charge on any atom is -0.412 e. The molecule has 132 valence electrons. The monoisotopic (exact) mass is 369 g/mol. The lowest BCUT2D eigenvalue weighted by Crippen LogP contribution is -2.47. The summed E-state index contributed by atoms with van der Waals surface area (Å²) in [5.74, 6) is -0.0705. The van der Waals surface area contributed by atoms with Gasteiger partial charge in [-0.3, -0.25) is 4.90 Å². The van der Waals surface area contributed by atoms with E-state index >= 15 is 0 Å². The van der Waals surface area contributed by atoms with Crippen LogP contribution in [0.25, 0.3) is 0 Å². The van der Waals surface area contributed by atoms with Crippen molar-refractivity contribution >= 4 is 26.8 Å². The first kappa shape index (κ1) is 20.3. The van der Waals surface area contributed by atoms with Gasteiger partial charge >= 0.3 is 0 Å². The van der Waals surface area contributed by atoms with Gasteiger partial charge < -0.3 is 13.0 Å². The molecule has 1 fully saturated rings. The minimum atomic E-state index is -3.56. The van der Waals surface area contributed by atoms with Crippen LogP contribution in [0.5, 0.6) is 0 Å². The van der Waals surface area contributed by atoms with Gasteiger partial charge in [-0.05, 0) is 39.3 Å². The molecule has 1 heterocycles. The Bertz CT molecular complexity index is 438. The maximum atomic E-state index is 12.3. The topological polar surface area (TPSA) is 65.1 Å². The summed E-state index contributed by atoms with van der Waals surface area (Å²) in [7, 11) is -7.53. The Morgan fingerprint density at radius 3 is 2.05 bits per heavy atom. The molecule has 0 aromatic rings. The predicted octanol–water partition coefficient (Wildman–Crippen LogP) is 1.72. The Labute approximate surface area is 137 Å².